The number of nitrogens with one attached hydrogen (secondary N) is 3. The van der Waals surface area contributed by atoms with E-state index in [-0.39, 0.29) is 30.1 Å². The van der Waals surface area contributed by atoms with Crippen LogP contribution in [-0.4, -0.2) is 54.3 Å². The Hall–Kier alpha value is -1.99. The maximum Gasteiger partial charge on any atom is 0.315 e. The molecule has 0 aromatic rings. The van der Waals surface area contributed by atoms with Crippen LogP contribution in [0, 0.1) is 35.0 Å². The van der Waals surface area contributed by atoms with Gasteiger partial charge in [0.05, 0.1) is 18.2 Å². The van der Waals surface area contributed by atoms with Gasteiger partial charge in [-0.3, -0.25) is 4.79 Å². The summed E-state index contributed by atoms with van der Waals surface area (Å²) in [6, 6.07) is 0.479. The molecular weight excluding hydrogens is 615 g/mol. The zero-order chi connectivity index (χ0) is 34.3. The molecule has 2 saturated heterocycles. The molecule has 0 aromatic heterocycles. The van der Waals surface area contributed by atoms with Gasteiger partial charge in [-0.05, 0) is 111 Å². The van der Waals surface area contributed by atoms with E-state index in [1.54, 1.807) is 5.57 Å². The van der Waals surface area contributed by atoms with Gasteiger partial charge in [-0.15, -0.1) is 0 Å². The Morgan fingerprint density at radius 2 is 1.92 bits per heavy atom. The van der Waals surface area contributed by atoms with Crippen LogP contribution in [0.3, 0.4) is 0 Å². The summed E-state index contributed by atoms with van der Waals surface area (Å²) in [4.78, 5) is 23.9. The molecule has 0 spiro atoms. The van der Waals surface area contributed by atoms with Crippen LogP contribution in [0.5, 0.6) is 0 Å². The van der Waals surface area contributed by atoms with Crippen molar-refractivity contribution in [3.63, 3.8) is 0 Å². The van der Waals surface area contributed by atoms with Gasteiger partial charge in [-0.25, -0.2) is 4.79 Å². The summed E-state index contributed by atoms with van der Waals surface area (Å²) < 4.78 is 6.32. The van der Waals surface area contributed by atoms with E-state index in [1.165, 1.54) is 43.3 Å². The monoisotopic (exact) mass is 679 g/mol. The summed E-state index contributed by atoms with van der Waals surface area (Å²) >= 11 is 1.94. The summed E-state index contributed by atoms with van der Waals surface area (Å²) in [6.45, 7) is 17.8. The fraction of sp³-hybridized carbons (Fsp3) is 0.756. The number of urea groups is 1. The maximum absolute atomic E-state index is 12.4. The molecule has 5 rings (SSSR count). The Labute approximate surface area is 296 Å². The fourth-order valence-electron chi connectivity index (χ4n) is 9.29. The molecule has 0 aromatic carbocycles. The minimum Gasteiger partial charge on any atom is -0.378 e. The van der Waals surface area contributed by atoms with Gasteiger partial charge in [0.25, 0.3) is 0 Å². The third-order valence-corrected chi connectivity index (χ3v) is 14.2. The number of ether oxygens (including phenoxy) is 1. The van der Waals surface area contributed by atoms with Crippen molar-refractivity contribution in [2.45, 2.75) is 142 Å². The van der Waals surface area contributed by atoms with Crippen LogP contribution in [0.15, 0.2) is 47.6 Å². The summed E-state index contributed by atoms with van der Waals surface area (Å²) in [6.07, 6.45) is 24.0. The average Bonchev–Trinajstić information content (AvgIpc) is 3.73. The highest BCUT2D eigenvalue weighted by Gasteiger charge is 2.50. The Balaban J connectivity index is 1.00. The zero-order valence-corrected chi connectivity index (χ0v) is 31.5. The van der Waals surface area contributed by atoms with Crippen LogP contribution in [0.2, 0.25) is 0 Å². The first-order valence-corrected chi connectivity index (χ1v) is 20.4. The normalized spacial score (nSPS) is 34.8. The van der Waals surface area contributed by atoms with Crippen LogP contribution < -0.4 is 16.0 Å². The molecule has 3 saturated carbocycles. The molecule has 3 aliphatic carbocycles. The fourth-order valence-corrected chi connectivity index (χ4v) is 10.8. The van der Waals surface area contributed by atoms with Crippen molar-refractivity contribution in [2.75, 3.05) is 18.9 Å². The molecule has 0 bridgehead atoms. The second-order valence-electron chi connectivity index (χ2n) is 16.3. The number of carbonyl (C=O) groups excluding carboxylic acids is 2. The van der Waals surface area contributed by atoms with E-state index >= 15 is 0 Å². The lowest BCUT2D eigenvalue weighted by molar-refractivity contribution is -0.121. The summed E-state index contributed by atoms with van der Waals surface area (Å²) in [7, 11) is 0. The molecule has 5 fully saturated rings. The minimum absolute atomic E-state index is 0.0352. The van der Waals surface area contributed by atoms with E-state index < -0.39 is 0 Å². The lowest BCUT2D eigenvalue weighted by Gasteiger charge is -2.44. The smallest absolute Gasteiger partial charge is 0.315 e. The number of amides is 3. The van der Waals surface area contributed by atoms with E-state index in [4.69, 9.17) is 4.74 Å². The van der Waals surface area contributed by atoms with Gasteiger partial charge >= 0.3 is 6.03 Å². The Bertz CT molecular complexity index is 1230. The number of carbonyl (C=O) groups is 2. The number of allylic oxidation sites excluding steroid dienone is 6. The van der Waals surface area contributed by atoms with Gasteiger partial charge in [-0.2, -0.15) is 11.8 Å². The highest BCUT2D eigenvalue weighted by molar-refractivity contribution is 8.00. The minimum atomic E-state index is -0.0352. The predicted molar refractivity (Wildman–Crippen MR) is 201 cm³/mol. The molecule has 3 amide bonds. The average molecular weight is 680 g/mol. The van der Waals surface area contributed by atoms with Crippen LogP contribution in [0.4, 0.5) is 4.79 Å². The predicted octanol–water partition coefficient (Wildman–Crippen LogP) is 8.90. The van der Waals surface area contributed by atoms with Crippen molar-refractivity contribution in [2.24, 2.45) is 35.0 Å². The van der Waals surface area contributed by atoms with Gasteiger partial charge in [0.2, 0.25) is 5.91 Å². The summed E-state index contributed by atoms with van der Waals surface area (Å²) in [5.74, 6) is 4.57. The number of hydrogen-bond acceptors (Lipinski definition) is 4. The number of rotatable bonds is 15. The molecule has 0 radical (unpaired) electrons. The summed E-state index contributed by atoms with van der Waals surface area (Å²) in [5.41, 5.74) is 4.72. The largest absolute Gasteiger partial charge is 0.378 e. The van der Waals surface area contributed by atoms with E-state index in [1.807, 2.05) is 11.8 Å². The molecule has 5 aliphatic rings. The first kappa shape index (κ1) is 37.3. The highest BCUT2D eigenvalue weighted by atomic mass is 32.2. The molecule has 6 nitrogen and oxygen atoms in total. The molecule has 3 N–H and O–H groups in total. The SMILES string of the molecule is C=C1CC[C@H](OCCCNC(=O)CCCC[C@@H]2SCC3NC(=O)NC32)C/C1=C/C=C1\CCC[C@]2(C)[C@@H]([C@H](C)/C=C/[C@H](C)C(C)C)CC[C@@H]12. The molecule has 9 atom stereocenters. The summed E-state index contributed by atoms with van der Waals surface area (Å²) in [5, 5.41) is 9.59. The highest BCUT2D eigenvalue weighted by Crippen LogP contribution is 2.59. The Morgan fingerprint density at radius 3 is 2.73 bits per heavy atom. The van der Waals surface area contributed by atoms with Gasteiger partial charge in [0.15, 0.2) is 0 Å². The van der Waals surface area contributed by atoms with Crippen molar-refractivity contribution in [1.82, 2.24) is 16.0 Å². The Morgan fingerprint density at radius 1 is 1.08 bits per heavy atom. The van der Waals surface area contributed by atoms with Crippen molar-refractivity contribution in [3.8, 4) is 0 Å². The van der Waals surface area contributed by atoms with E-state index in [0.717, 1.165) is 56.6 Å². The standard InChI is InChI=1S/C41H65N3O3S/c1-27(2)28(3)14-15-30(5)34-20-21-35-31(11-9-22-41(34,35)6)17-18-32-25-33(19-16-29(32)4)47-24-10-23-42-38(45)13-8-7-12-37-39-36(26-48-37)43-40(46)44-39/h14-15,17-18,27-28,30,33-37,39H,4,7-13,16,19-26H2,1-3,5-6H3,(H,42,45)(H2,43,44,46)/b15-14+,31-17+,32-18-/t28-,30+,33-,34+,35-,36?,37-,39?,41+/m0/s1. The molecule has 7 heteroatoms. The lowest BCUT2D eigenvalue weighted by Crippen LogP contribution is -2.36. The van der Waals surface area contributed by atoms with Crippen LogP contribution in [-0.2, 0) is 9.53 Å². The molecule has 2 unspecified atom stereocenters. The number of unbranched alkanes of at least 4 members (excludes halogenated alkanes) is 1. The van der Waals surface area contributed by atoms with Gasteiger partial charge in [0, 0.05) is 30.6 Å². The van der Waals surface area contributed by atoms with E-state index in [0.29, 0.717) is 53.9 Å². The van der Waals surface area contributed by atoms with Gasteiger partial charge < -0.3 is 20.7 Å². The number of fused-ring (bicyclic) bond motifs is 2. The van der Waals surface area contributed by atoms with Gasteiger partial charge in [0.1, 0.15) is 0 Å². The number of hydrogen-bond donors (Lipinski definition) is 3. The second-order valence-corrected chi connectivity index (χ2v) is 17.6. The third-order valence-electron chi connectivity index (χ3n) is 12.7. The second kappa shape index (κ2) is 17.3. The first-order chi connectivity index (χ1) is 23.0. The topological polar surface area (TPSA) is 79.5 Å². The quantitative estimate of drug-likeness (QED) is 0.0918. The molecule has 268 valence electrons. The first-order valence-electron chi connectivity index (χ1n) is 19.4. The van der Waals surface area contributed by atoms with Crippen molar-refractivity contribution >= 4 is 23.7 Å². The molecule has 2 aliphatic heterocycles. The van der Waals surface area contributed by atoms with Crippen LogP contribution >= 0.6 is 11.8 Å². The zero-order valence-electron chi connectivity index (χ0n) is 30.7. The Kier molecular flexibility index (Phi) is 13.4. The third kappa shape index (κ3) is 9.41. The lowest BCUT2D eigenvalue weighted by atomic mass is 9.61. The van der Waals surface area contributed by atoms with E-state index in [9.17, 15) is 9.59 Å². The van der Waals surface area contributed by atoms with Crippen LogP contribution in [0.25, 0.3) is 0 Å². The number of thioether (sulfide) groups is 1. The van der Waals surface area contributed by atoms with Crippen molar-refractivity contribution in [1.29, 1.82) is 0 Å². The molecule has 48 heavy (non-hydrogen) atoms. The molecular formula is C41H65N3O3S. The van der Waals surface area contributed by atoms with Gasteiger partial charge in [-0.1, -0.05) is 83.1 Å². The van der Waals surface area contributed by atoms with Crippen molar-refractivity contribution in [3.05, 3.63) is 47.6 Å². The van der Waals surface area contributed by atoms with Crippen molar-refractivity contribution < 1.29 is 14.3 Å². The van der Waals surface area contributed by atoms with E-state index in [2.05, 4.69) is 81.5 Å². The van der Waals surface area contributed by atoms with Crippen LogP contribution in [0.1, 0.15) is 118 Å². The maximum atomic E-state index is 12.4. The molecule has 2 heterocycles.